The number of amides is 1. The molecule has 0 spiro atoms. The number of carbonyl (C=O) groups excluding carboxylic acids is 1. The molecule has 0 bridgehead atoms. The summed E-state index contributed by atoms with van der Waals surface area (Å²) in [5, 5.41) is 6.33. The fourth-order valence-electron chi connectivity index (χ4n) is 2.18. The van der Waals surface area contributed by atoms with Gasteiger partial charge >= 0.3 is 0 Å². The van der Waals surface area contributed by atoms with Crippen LogP contribution in [0.25, 0.3) is 0 Å². The molecular weight excluding hydrogens is 212 g/mol. The Morgan fingerprint density at radius 3 is 2.59 bits per heavy atom. The number of carbonyl (C=O) groups is 1. The second-order valence-electron chi connectivity index (χ2n) is 5.57. The summed E-state index contributed by atoms with van der Waals surface area (Å²) in [4.78, 5) is 11.9. The van der Waals surface area contributed by atoms with Crippen molar-refractivity contribution >= 4 is 17.3 Å². The predicted molar refractivity (Wildman–Crippen MR) is 71.5 cm³/mol. The largest absolute Gasteiger partial charge is 0.372 e. The molecule has 3 nitrogen and oxygen atoms in total. The molecule has 1 unspecified atom stereocenters. The fraction of sp³-hybridized carbons (Fsp3) is 0.500. The van der Waals surface area contributed by atoms with Gasteiger partial charge in [0.2, 0.25) is 5.91 Å². The Balaban J connectivity index is 2.47. The number of hydrogen-bond acceptors (Lipinski definition) is 2. The number of fused-ring (bicyclic) bond motifs is 1. The van der Waals surface area contributed by atoms with Gasteiger partial charge in [-0.2, -0.15) is 0 Å². The molecule has 0 aromatic heterocycles. The van der Waals surface area contributed by atoms with Gasteiger partial charge in [0.25, 0.3) is 0 Å². The molecule has 2 N–H and O–H groups in total. The third kappa shape index (κ3) is 2.14. The van der Waals surface area contributed by atoms with Crippen molar-refractivity contribution in [2.75, 3.05) is 10.6 Å². The highest BCUT2D eigenvalue weighted by Gasteiger charge is 2.28. The monoisotopic (exact) mass is 232 g/mol. The lowest BCUT2D eigenvalue weighted by Gasteiger charge is -2.31. The molecule has 1 aromatic carbocycles. The van der Waals surface area contributed by atoms with Gasteiger partial charge in [0.1, 0.15) is 6.04 Å². The summed E-state index contributed by atoms with van der Waals surface area (Å²) in [6.45, 7) is 8.47. The lowest BCUT2D eigenvalue weighted by Crippen LogP contribution is -2.39. The standard InChI is InChI=1S/C14H20N2O/c1-5-10-13(17)16-12-9(14(2,3)4)7-6-8-11(12)15-10/h6-8,10,15H,5H2,1-4H3,(H,16,17). The van der Waals surface area contributed by atoms with Crippen molar-refractivity contribution in [3.05, 3.63) is 23.8 Å². The molecule has 17 heavy (non-hydrogen) atoms. The number of nitrogens with one attached hydrogen (secondary N) is 2. The Bertz CT molecular complexity index is 446. The molecule has 0 saturated carbocycles. The van der Waals surface area contributed by atoms with Crippen molar-refractivity contribution in [2.45, 2.75) is 45.6 Å². The average Bonchev–Trinajstić information content (AvgIpc) is 2.26. The van der Waals surface area contributed by atoms with E-state index in [0.717, 1.165) is 17.8 Å². The maximum Gasteiger partial charge on any atom is 0.246 e. The van der Waals surface area contributed by atoms with Gasteiger partial charge in [-0.25, -0.2) is 0 Å². The van der Waals surface area contributed by atoms with E-state index in [9.17, 15) is 4.79 Å². The molecule has 1 aliphatic rings. The van der Waals surface area contributed by atoms with Crippen molar-refractivity contribution in [3.63, 3.8) is 0 Å². The van der Waals surface area contributed by atoms with Crippen LogP contribution in [0.4, 0.5) is 11.4 Å². The van der Waals surface area contributed by atoms with Crippen molar-refractivity contribution in [1.29, 1.82) is 0 Å². The average molecular weight is 232 g/mol. The summed E-state index contributed by atoms with van der Waals surface area (Å²) < 4.78 is 0. The van der Waals surface area contributed by atoms with E-state index in [0.29, 0.717) is 0 Å². The minimum absolute atomic E-state index is 0.0271. The van der Waals surface area contributed by atoms with Crippen LogP contribution < -0.4 is 10.6 Å². The third-order valence-electron chi connectivity index (χ3n) is 3.18. The van der Waals surface area contributed by atoms with Crippen LogP contribution in [0.5, 0.6) is 0 Å². The molecule has 1 aromatic rings. The number of rotatable bonds is 1. The first-order chi connectivity index (χ1) is 7.93. The van der Waals surface area contributed by atoms with Crippen molar-refractivity contribution < 1.29 is 4.79 Å². The maximum atomic E-state index is 11.9. The molecule has 0 fully saturated rings. The summed E-state index contributed by atoms with van der Waals surface area (Å²) in [6, 6.07) is 6.02. The fourth-order valence-corrected chi connectivity index (χ4v) is 2.18. The van der Waals surface area contributed by atoms with Crippen LogP contribution in [0.15, 0.2) is 18.2 Å². The summed E-state index contributed by atoms with van der Waals surface area (Å²) in [5.74, 6) is 0.0664. The van der Waals surface area contributed by atoms with Gasteiger partial charge in [-0.3, -0.25) is 4.79 Å². The molecule has 1 aliphatic heterocycles. The van der Waals surface area contributed by atoms with Gasteiger partial charge in [0.05, 0.1) is 11.4 Å². The summed E-state index contributed by atoms with van der Waals surface area (Å²) in [7, 11) is 0. The molecule has 0 saturated heterocycles. The van der Waals surface area contributed by atoms with Gasteiger partial charge in [-0.05, 0) is 23.5 Å². The van der Waals surface area contributed by atoms with Crippen molar-refractivity contribution in [2.24, 2.45) is 0 Å². The SMILES string of the molecule is CCC1Nc2cccc(C(C)(C)C)c2NC1=O. The molecule has 0 radical (unpaired) electrons. The molecule has 1 amide bonds. The second kappa shape index (κ2) is 4.06. The van der Waals surface area contributed by atoms with Gasteiger partial charge < -0.3 is 10.6 Å². The Labute approximate surface area is 103 Å². The maximum absolute atomic E-state index is 11.9. The van der Waals surface area contributed by atoms with Crippen LogP contribution >= 0.6 is 0 Å². The third-order valence-corrected chi connectivity index (χ3v) is 3.18. The first-order valence-corrected chi connectivity index (χ1v) is 6.14. The molecular formula is C14H20N2O. The Kier molecular flexibility index (Phi) is 2.86. The zero-order chi connectivity index (χ0) is 12.6. The van der Waals surface area contributed by atoms with Crippen LogP contribution in [-0.4, -0.2) is 11.9 Å². The number of hydrogen-bond donors (Lipinski definition) is 2. The second-order valence-corrected chi connectivity index (χ2v) is 5.57. The lowest BCUT2D eigenvalue weighted by molar-refractivity contribution is -0.117. The van der Waals surface area contributed by atoms with E-state index in [-0.39, 0.29) is 17.4 Å². The van der Waals surface area contributed by atoms with Crippen LogP contribution in [0.2, 0.25) is 0 Å². The minimum atomic E-state index is -0.113. The lowest BCUT2D eigenvalue weighted by atomic mass is 9.84. The minimum Gasteiger partial charge on any atom is -0.372 e. The van der Waals surface area contributed by atoms with E-state index in [1.54, 1.807) is 0 Å². The molecule has 1 atom stereocenters. The van der Waals surface area contributed by atoms with E-state index >= 15 is 0 Å². The van der Waals surface area contributed by atoms with Gasteiger partial charge in [0.15, 0.2) is 0 Å². The normalized spacial score (nSPS) is 19.3. The van der Waals surface area contributed by atoms with Crippen LogP contribution in [0.1, 0.15) is 39.7 Å². The molecule has 0 aliphatic carbocycles. The van der Waals surface area contributed by atoms with Gasteiger partial charge in [-0.1, -0.05) is 39.8 Å². The topological polar surface area (TPSA) is 41.1 Å². The Morgan fingerprint density at radius 2 is 2.00 bits per heavy atom. The van der Waals surface area contributed by atoms with Crippen LogP contribution in [-0.2, 0) is 10.2 Å². The van der Waals surface area contributed by atoms with Crippen LogP contribution in [0.3, 0.4) is 0 Å². The number of anilines is 2. The van der Waals surface area contributed by atoms with Crippen molar-refractivity contribution in [1.82, 2.24) is 0 Å². The van der Waals surface area contributed by atoms with E-state index in [2.05, 4.69) is 37.5 Å². The first-order valence-electron chi connectivity index (χ1n) is 6.14. The van der Waals surface area contributed by atoms with E-state index < -0.39 is 0 Å². The smallest absolute Gasteiger partial charge is 0.246 e. The van der Waals surface area contributed by atoms with E-state index in [1.165, 1.54) is 5.56 Å². The van der Waals surface area contributed by atoms with Crippen LogP contribution in [0, 0.1) is 0 Å². The Hall–Kier alpha value is -1.51. The van der Waals surface area contributed by atoms with Crippen molar-refractivity contribution in [3.8, 4) is 0 Å². The first kappa shape index (κ1) is 12.0. The molecule has 1 heterocycles. The van der Waals surface area contributed by atoms with E-state index in [4.69, 9.17) is 0 Å². The summed E-state index contributed by atoms with van der Waals surface area (Å²) >= 11 is 0. The highest BCUT2D eigenvalue weighted by molar-refractivity contribution is 6.04. The van der Waals surface area contributed by atoms with Gasteiger partial charge in [0, 0.05) is 0 Å². The zero-order valence-electron chi connectivity index (χ0n) is 10.9. The van der Waals surface area contributed by atoms with Gasteiger partial charge in [-0.15, -0.1) is 0 Å². The zero-order valence-corrected chi connectivity index (χ0v) is 10.9. The quantitative estimate of drug-likeness (QED) is 0.781. The molecule has 92 valence electrons. The molecule has 3 heteroatoms. The highest BCUT2D eigenvalue weighted by atomic mass is 16.2. The highest BCUT2D eigenvalue weighted by Crippen LogP contribution is 2.37. The molecule has 2 rings (SSSR count). The number of para-hydroxylation sites is 1. The summed E-state index contributed by atoms with van der Waals surface area (Å²) in [5.41, 5.74) is 3.17. The Morgan fingerprint density at radius 1 is 1.29 bits per heavy atom. The predicted octanol–water partition coefficient (Wildman–Crippen LogP) is 3.13. The van der Waals surface area contributed by atoms with E-state index in [1.807, 2.05) is 19.1 Å². The summed E-state index contributed by atoms with van der Waals surface area (Å²) in [6.07, 6.45) is 0.797. The number of benzene rings is 1.